The van der Waals surface area contributed by atoms with Crippen LogP contribution in [0.3, 0.4) is 0 Å². The number of imidazole rings is 1. The Morgan fingerprint density at radius 1 is 1.29 bits per heavy atom. The van der Waals surface area contributed by atoms with Crippen LogP contribution < -0.4 is 5.32 Å². The Balaban J connectivity index is 1.65. The van der Waals surface area contributed by atoms with E-state index in [4.69, 9.17) is 0 Å². The average Bonchev–Trinajstić information content (AvgIpc) is 3.04. The van der Waals surface area contributed by atoms with Gasteiger partial charge in [0.2, 0.25) is 5.95 Å². The maximum absolute atomic E-state index is 4.64. The Kier molecular flexibility index (Phi) is 4.22. The van der Waals surface area contributed by atoms with E-state index in [-0.39, 0.29) is 0 Å². The first-order valence-corrected chi connectivity index (χ1v) is 7.85. The zero-order valence-electron chi connectivity index (χ0n) is 12.9. The highest BCUT2D eigenvalue weighted by molar-refractivity contribution is 5.30. The van der Waals surface area contributed by atoms with Crippen molar-refractivity contribution in [3.05, 3.63) is 24.0 Å². The van der Waals surface area contributed by atoms with Crippen LogP contribution in [0.5, 0.6) is 0 Å². The second kappa shape index (κ2) is 6.28. The fourth-order valence-electron chi connectivity index (χ4n) is 3.02. The van der Waals surface area contributed by atoms with Crippen molar-refractivity contribution in [2.75, 3.05) is 5.32 Å². The highest BCUT2D eigenvalue weighted by atomic mass is 15.3. The molecule has 0 bridgehead atoms. The molecular formula is C15H24N6. The third-order valence-corrected chi connectivity index (χ3v) is 4.22. The van der Waals surface area contributed by atoms with E-state index in [1.54, 1.807) is 6.33 Å². The van der Waals surface area contributed by atoms with Crippen molar-refractivity contribution in [1.29, 1.82) is 0 Å². The van der Waals surface area contributed by atoms with Gasteiger partial charge in [-0.25, -0.2) is 4.98 Å². The maximum Gasteiger partial charge on any atom is 0.203 e. The minimum atomic E-state index is 0.578. The summed E-state index contributed by atoms with van der Waals surface area (Å²) in [6.07, 6.45) is 11.3. The summed E-state index contributed by atoms with van der Waals surface area (Å²) >= 11 is 0. The van der Waals surface area contributed by atoms with Crippen LogP contribution in [0.25, 0.3) is 0 Å². The SMILES string of the molecule is Cc1cn(CCc2nncn2C)c(NC2CCCCC2)n1. The molecule has 2 aromatic rings. The Hall–Kier alpha value is -1.85. The standard InChI is InChI=1S/C15H24N6/c1-12-10-21(9-8-14-19-16-11-20(14)2)15(17-12)18-13-6-4-3-5-7-13/h10-11,13H,3-9H2,1-2H3,(H,17,18). The number of rotatable bonds is 5. The van der Waals surface area contributed by atoms with Crippen molar-refractivity contribution in [1.82, 2.24) is 24.3 Å². The molecule has 0 aliphatic heterocycles. The highest BCUT2D eigenvalue weighted by Crippen LogP contribution is 2.21. The molecule has 0 saturated heterocycles. The molecule has 0 radical (unpaired) electrons. The van der Waals surface area contributed by atoms with Crippen molar-refractivity contribution in [2.45, 2.75) is 58.0 Å². The minimum absolute atomic E-state index is 0.578. The van der Waals surface area contributed by atoms with Gasteiger partial charge in [0.05, 0.1) is 5.69 Å². The number of aryl methyl sites for hydroxylation is 4. The summed E-state index contributed by atoms with van der Waals surface area (Å²) in [7, 11) is 1.98. The number of anilines is 1. The monoisotopic (exact) mass is 288 g/mol. The van der Waals surface area contributed by atoms with Crippen LogP contribution in [0.15, 0.2) is 12.5 Å². The molecule has 1 fully saturated rings. The fraction of sp³-hybridized carbons (Fsp3) is 0.667. The van der Waals surface area contributed by atoms with Gasteiger partial charge in [0.25, 0.3) is 0 Å². The molecule has 6 heteroatoms. The molecule has 3 rings (SSSR count). The number of nitrogens with one attached hydrogen (secondary N) is 1. The van der Waals surface area contributed by atoms with Gasteiger partial charge in [-0.15, -0.1) is 10.2 Å². The molecule has 2 aromatic heterocycles. The number of hydrogen-bond donors (Lipinski definition) is 1. The molecule has 1 aliphatic carbocycles. The number of hydrogen-bond acceptors (Lipinski definition) is 4. The quantitative estimate of drug-likeness (QED) is 0.917. The molecule has 1 N–H and O–H groups in total. The first-order chi connectivity index (χ1) is 10.2. The average molecular weight is 288 g/mol. The van der Waals surface area contributed by atoms with E-state index in [0.717, 1.165) is 30.4 Å². The summed E-state index contributed by atoms with van der Waals surface area (Å²) < 4.78 is 4.18. The lowest BCUT2D eigenvalue weighted by atomic mass is 9.96. The van der Waals surface area contributed by atoms with Crippen LogP contribution in [0.4, 0.5) is 5.95 Å². The lowest BCUT2D eigenvalue weighted by Crippen LogP contribution is -2.24. The van der Waals surface area contributed by atoms with E-state index in [9.17, 15) is 0 Å². The van der Waals surface area contributed by atoms with Gasteiger partial charge in [0.1, 0.15) is 12.2 Å². The molecule has 0 aromatic carbocycles. The third kappa shape index (κ3) is 3.43. The summed E-state index contributed by atoms with van der Waals surface area (Å²) in [6, 6.07) is 0.578. The van der Waals surface area contributed by atoms with E-state index < -0.39 is 0 Å². The van der Waals surface area contributed by atoms with Crippen LogP contribution in [-0.2, 0) is 20.0 Å². The van der Waals surface area contributed by atoms with Gasteiger partial charge in [0.15, 0.2) is 0 Å². The Morgan fingerprint density at radius 2 is 2.10 bits per heavy atom. The zero-order valence-corrected chi connectivity index (χ0v) is 12.9. The van der Waals surface area contributed by atoms with Crippen molar-refractivity contribution < 1.29 is 0 Å². The van der Waals surface area contributed by atoms with Gasteiger partial charge in [-0.1, -0.05) is 19.3 Å². The highest BCUT2D eigenvalue weighted by Gasteiger charge is 2.16. The summed E-state index contributed by atoms with van der Waals surface area (Å²) in [4.78, 5) is 4.64. The van der Waals surface area contributed by atoms with E-state index in [0.29, 0.717) is 6.04 Å². The topological polar surface area (TPSA) is 60.6 Å². The summed E-state index contributed by atoms with van der Waals surface area (Å²) in [5.41, 5.74) is 1.06. The summed E-state index contributed by atoms with van der Waals surface area (Å²) in [5, 5.41) is 11.7. The van der Waals surface area contributed by atoms with Gasteiger partial charge in [-0.2, -0.15) is 0 Å². The summed E-state index contributed by atoms with van der Waals surface area (Å²) in [6.45, 7) is 2.92. The molecule has 1 saturated carbocycles. The zero-order chi connectivity index (χ0) is 14.7. The van der Waals surface area contributed by atoms with Crippen molar-refractivity contribution in [2.24, 2.45) is 7.05 Å². The van der Waals surface area contributed by atoms with E-state index in [1.807, 2.05) is 18.5 Å². The van der Waals surface area contributed by atoms with Gasteiger partial charge < -0.3 is 14.5 Å². The molecule has 0 spiro atoms. The number of aromatic nitrogens is 5. The molecule has 6 nitrogen and oxygen atoms in total. The van der Waals surface area contributed by atoms with Crippen LogP contribution in [-0.4, -0.2) is 30.4 Å². The smallest absolute Gasteiger partial charge is 0.203 e. The molecule has 114 valence electrons. The first kappa shape index (κ1) is 14.1. The Labute approximate surface area is 125 Å². The number of nitrogens with zero attached hydrogens (tertiary/aromatic N) is 5. The van der Waals surface area contributed by atoms with Crippen LogP contribution >= 0.6 is 0 Å². The normalized spacial score (nSPS) is 16.3. The summed E-state index contributed by atoms with van der Waals surface area (Å²) in [5.74, 6) is 2.01. The second-order valence-corrected chi connectivity index (χ2v) is 5.99. The Bertz CT molecular complexity index is 579. The molecule has 0 atom stereocenters. The van der Waals surface area contributed by atoms with E-state index in [2.05, 4.69) is 31.3 Å². The predicted octanol–water partition coefficient (Wildman–Crippen LogP) is 2.31. The lowest BCUT2D eigenvalue weighted by molar-refractivity contribution is 0.458. The largest absolute Gasteiger partial charge is 0.353 e. The molecule has 0 unspecified atom stereocenters. The third-order valence-electron chi connectivity index (χ3n) is 4.22. The van der Waals surface area contributed by atoms with Crippen LogP contribution in [0, 0.1) is 6.92 Å². The van der Waals surface area contributed by atoms with Crippen molar-refractivity contribution in [3.8, 4) is 0 Å². The second-order valence-electron chi connectivity index (χ2n) is 5.99. The van der Waals surface area contributed by atoms with Gasteiger partial charge in [0, 0.05) is 32.3 Å². The molecule has 0 amide bonds. The minimum Gasteiger partial charge on any atom is -0.353 e. The van der Waals surface area contributed by atoms with Gasteiger partial charge >= 0.3 is 0 Å². The predicted molar refractivity (Wildman–Crippen MR) is 82.2 cm³/mol. The van der Waals surface area contributed by atoms with E-state index in [1.165, 1.54) is 32.1 Å². The fourth-order valence-corrected chi connectivity index (χ4v) is 3.02. The van der Waals surface area contributed by atoms with Crippen LogP contribution in [0.2, 0.25) is 0 Å². The molecule has 21 heavy (non-hydrogen) atoms. The Morgan fingerprint density at radius 3 is 2.81 bits per heavy atom. The van der Waals surface area contributed by atoms with Gasteiger partial charge in [-0.05, 0) is 19.8 Å². The first-order valence-electron chi connectivity index (χ1n) is 7.85. The molecule has 2 heterocycles. The lowest BCUT2D eigenvalue weighted by Gasteiger charge is -2.23. The molecule has 1 aliphatic rings. The van der Waals surface area contributed by atoms with Gasteiger partial charge in [-0.3, -0.25) is 0 Å². The maximum atomic E-state index is 4.64. The van der Waals surface area contributed by atoms with Crippen molar-refractivity contribution in [3.63, 3.8) is 0 Å². The van der Waals surface area contributed by atoms with Crippen LogP contribution in [0.1, 0.15) is 43.6 Å². The van der Waals surface area contributed by atoms with E-state index >= 15 is 0 Å². The van der Waals surface area contributed by atoms with Crippen molar-refractivity contribution >= 4 is 5.95 Å². The molecular weight excluding hydrogens is 264 g/mol.